The van der Waals surface area contributed by atoms with Gasteiger partial charge in [-0.2, -0.15) is 5.10 Å². The van der Waals surface area contributed by atoms with E-state index in [0.717, 1.165) is 12.8 Å². The Balaban J connectivity index is 2.83. The second kappa shape index (κ2) is 6.62. The number of rotatable bonds is 6. The van der Waals surface area contributed by atoms with Crippen molar-refractivity contribution in [3.8, 4) is 0 Å². The molecular weight excluding hydrogens is 220 g/mol. The minimum absolute atomic E-state index is 0.134. The molecule has 0 saturated heterocycles. The van der Waals surface area contributed by atoms with Crippen LogP contribution in [-0.2, 0) is 11.3 Å². The van der Waals surface area contributed by atoms with E-state index in [1.54, 1.807) is 0 Å². The molecule has 5 heteroatoms. The first-order valence-corrected chi connectivity index (χ1v) is 5.55. The van der Waals surface area contributed by atoms with Crippen molar-refractivity contribution in [2.45, 2.75) is 26.3 Å². The Morgan fingerprint density at radius 1 is 1.59 bits per heavy atom. The molecule has 5 nitrogen and oxygen atoms in total. The molecule has 0 amide bonds. The number of carbonyl (C=O) groups is 1. The van der Waals surface area contributed by atoms with Gasteiger partial charge in [0.05, 0.1) is 0 Å². The molecule has 1 rings (SSSR count). The summed E-state index contributed by atoms with van der Waals surface area (Å²) in [7, 11) is 0. The standard InChI is InChI=1S/C12H16N2O3/c1-3-5-8-14-11(15)7-6-10(13-14)12(16)17-9-4-2/h4,6-7H,2-3,5,8-9H2,1H3. The molecule has 0 fully saturated rings. The summed E-state index contributed by atoms with van der Waals surface area (Å²) in [5.41, 5.74) is -0.0683. The predicted molar refractivity (Wildman–Crippen MR) is 63.9 cm³/mol. The van der Waals surface area contributed by atoms with Crippen LogP contribution in [0.15, 0.2) is 29.6 Å². The summed E-state index contributed by atoms with van der Waals surface area (Å²) in [4.78, 5) is 22.9. The van der Waals surface area contributed by atoms with Crippen LogP contribution in [0.25, 0.3) is 0 Å². The lowest BCUT2D eigenvalue weighted by Gasteiger charge is -2.05. The van der Waals surface area contributed by atoms with Crippen LogP contribution < -0.4 is 5.56 Å². The molecule has 92 valence electrons. The third kappa shape index (κ3) is 3.86. The molecule has 0 bridgehead atoms. The molecule has 0 atom stereocenters. The zero-order valence-electron chi connectivity index (χ0n) is 9.89. The van der Waals surface area contributed by atoms with Gasteiger partial charge in [0.1, 0.15) is 6.61 Å². The lowest BCUT2D eigenvalue weighted by atomic mass is 10.3. The van der Waals surface area contributed by atoms with E-state index in [0.29, 0.717) is 6.54 Å². The third-order valence-corrected chi connectivity index (χ3v) is 2.13. The molecule has 0 radical (unpaired) electrons. The normalized spacial score (nSPS) is 9.94. The molecule has 17 heavy (non-hydrogen) atoms. The molecule has 1 aromatic heterocycles. The molecule has 1 heterocycles. The highest BCUT2D eigenvalue weighted by Gasteiger charge is 2.10. The van der Waals surface area contributed by atoms with Crippen molar-refractivity contribution >= 4 is 5.97 Å². The lowest BCUT2D eigenvalue weighted by Crippen LogP contribution is -2.25. The molecule has 1 aromatic rings. The van der Waals surface area contributed by atoms with Crippen molar-refractivity contribution < 1.29 is 9.53 Å². The Labute approximate surface area is 99.7 Å². The molecule has 0 aliphatic heterocycles. The summed E-state index contributed by atoms with van der Waals surface area (Å²) >= 11 is 0. The number of esters is 1. The highest BCUT2D eigenvalue weighted by Crippen LogP contribution is 1.96. The van der Waals surface area contributed by atoms with Crippen LogP contribution in [0.2, 0.25) is 0 Å². The zero-order chi connectivity index (χ0) is 12.7. The minimum Gasteiger partial charge on any atom is -0.457 e. The fraction of sp³-hybridized carbons (Fsp3) is 0.417. The maximum Gasteiger partial charge on any atom is 0.359 e. The van der Waals surface area contributed by atoms with Gasteiger partial charge in [0.25, 0.3) is 5.56 Å². The van der Waals surface area contributed by atoms with Gasteiger partial charge in [0.2, 0.25) is 0 Å². The van der Waals surface area contributed by atoms with Crippen LogP contribution in [0.5, 0.6) is 0 Å². The summed E-state index contributed by atoms with van der Waals surface area (Å²) < 4.78 is 6.13. The number of unbranched alkanes of at least 4 members (excludes halogenated alkanes) is 1. The number of nitrogens with zero attached hydrogens (tertiary/aromatic N) is 2. The quantitative estimate of drug-likeness (QED) is 0.553. The van der Waals surface area contributed by atoms with Crippen molar-refractivity contribution in [1.29, 1.82) is 0 Å². The van der Waals surface area contributed by atoms with E-state index in [4.69, 9.17) is 4.74 Å². The van der Waals surface area contributed by atoms with Gasteiger partial charge >= 0.3 is 5.97 Å². The molecule has 0 aromatic carbocycles. The number of aryl methyl sites for hydroxylation is 1. The second-order valence-corrected chi connectivity index (χ2v) is 3.52. The molecule has 0 aliphatic rings. The van der Waals surface area contributed by atoms with Crippen LogP contribution in [0.1, 0.15) is 30.3 Å². The van der Waals surface area contributed by atoms with Gasteiger partial charge in [-0.1, -0.05) is 26.0 Å². The Hall–Kier alpha value is -1.91. The largest absolute Gasteiger partial charge is 0.457 e. The van der Waals surface area contributed by atoms with Gasteiger partial charge in [-0.3, -0.25) is 4.79 Å². The van der Waals surface area contributed by atoms with Gasteiger partial charge in [-0.15, -0.1) is 0 Å². The van der Waals surface area contributed by atoms with E-state index < -0.39 is 5.97 Å². The zero-order valence-corrected chi connectivity index (χ0v) is 9.89. The lowest BCUT2D eigenvalue weighted by molar-refractivity contribution is 0.0539. The summed E-state index contributed by atoms with van der Waals surface area (Å²) in [5, 5.41) is 3.96. The van der Waals surface area contributed by atoms with Crippen LogP contribution in [0, 0.1) is 0 Å². The third-order valence-electron chi connectivity index (χ3n) is 2.13. The first-order valence-electron chi connectivity index (χ1n) is 5.55. The second-order valence-electron chi connectivity index (χ2n) is 3.52. The molecule has 0 saturated carbocycles. The Bertz CT molecular complexity index is 451. The summed E-state index contributed by atoms with van der Waals surface area (Å²) in [6.45, 7) is 6.11. The minimum atomic E-state index is -0.546. The predicted octanol–water partition coefficient (Wildman–Crippen LogP) is 1.39. The molecule has 0 unspecified atom stereocenters. The van der Waals surface area contributed by atoms with Crippen LogP contribution in [0.3, 0.4) is 0 Å². The first-order chi connectivity index (χ1) is 8.19. The van der Waals surface area contributed by atoms with Crippen LogP contribution >= 0.6 is 0 Å². The average Bonchev–Trinajstić information content (AvgIpc) is 2.35. The molecule has 0 aliphatic carbocycles. The smallest absolute Gasteiger partial charge is 0.359 e. The summed E-state index contributed by atoms with van der Waals surface area (Å²) in [6.07, 6.45) is 3.28. The summed E-state index contributed by atoms with van der Waals surface area (Å²) in [6, 6.07) is 2.70. The first kappa shape index (κ1) is 13.2. The maximum absolute atomic E-state index is 11.5. The fourth-order valence-corrected chi connectivity index (χ4v) is 1.23. The van der Waals surface area contributed by atoms with E-state index in [1.807, 2.05) is 6.92 Å². The van der Waals surface area contributed by atoms with E-state index in [9.17, 15) is 9.59 Å². The topological polar surface area (TPSA) is 61.2 Å². The molecule has 0 spiro atoms. The van der Waals surface area contributed by atoms with Crippen molar-refractivity contribution in [1.82, 2.24) is 9.78 Å². The molecule has 0 N–H and O–H groups in total. The Kier molecular flexibility index (Phi) is 5.13. The van der Waals surface area contributed by atoms with Crippen molar-refractivity contribution in [3.05, 3.63) is 40.8 Å². The highest BCUT2D eigenvalue weighted by atomic mass is 16.5. The van der Waals surface area contributed by atoms with Crippen molar-refractivity contribution in [2.75, 3.05) is 6.61 Å². The van der Waals surface area contributed by atoms with Gasteiger partial charge in [0.15, 0.2) is 5.69 Å². The van der Waals surface area contributed by atoms with Gasteiger partial charge < -0.3 is 4.74 Å². The van der Waals surface area contributed by atoms with E-state index in [-0.39, 0.29) is 17.9 Å². The van der Waals surface area contributed by atoms with E-state index >= 15 is 0 Å². The number of hydrogen-bond donors (Lipinski definition) is 0. The van der Waals surface area contributed by atoms with Gasteiger partial charge in [0, 0.05) is 12.6 Å². The number of ether oxygens (including phenoxy) is 1. The highest BCUT2D eigenvalue weighted by molar-refractivity contribution is 5.86. The number of hydrogen-bond acceptors (Lipinski definition) is 4. The Morgan fingerprint density at radius 3 is 3.00 bits per heavy atom. The van der Waals surface area contributed by atoms with Gasteiger partial charge in [-0.25, -0.2) is 9.48 Å². The Morgan fingerprint density at radius 2 is 2.35 bits per heavy atom. The van der Waals surface area contributed by atoms with Crippen molar-refractivity contribution in [3.63, 3.8) is 0 Å². The van der Waals surface area contributed by atoms with E-state index in [1.165, 1.54) is 22.9 Å². The average molecular weight is 236 g/mol. The monoisotopic (exact) mass is 236 g/mol. The van der Waals surface area contributed by atoms with Gasteiger partial charge in [-0.05, 0) is 12.5 Å². The van der Waals surface area contributed by atoms with E-state index in [2.05, 4.69) is 11.7 Å². The van der Waals surface area contributed by atoms with Crippen LogP contribution in [-0.4, -0.2) is 22.4 Å². The van der Waals surface area contributed by atoms with Crippen molar-refractivity contribution in [2.24, 2.45) is 0 Å². The summed E-state index contributed by atoms with van der Waals surface area (Å²) in [5.74, 6) is -0.546. The molecular formula is C12H16N2O3. The SMILES string of the molecule is C=CCOC(=O)c1ccc(=O)n(CCCC)n1. The number of carbonyl (C=O) groups excluding carboxylic acids is 1. The van der Waals surface area contributed by atoms with Crippen LogP contribution in [0.4, 0.5) is 0 Å². The maximum atomic E-state index is 11.5. The number of aromatic nitrogens is 2. The fourth-order valence-electron chi connectivity index (χ4n) is 1.23.